The first-order valence-electron chi connectivity index (χ1n) is 23.2. The van der Waals surface area contributed by atoms with Gasteiger partial charge in [-0.25, -0.2) is 18.6 Å². The molecule has 13 nitrogen and oxygen atoms in total. The summed E-state index contributed by atoms with van der Waals surface area (Å²) in [6.45, 7) is 8.50. The number of nitriles is 1. The SMILES string of the molecule is COc1ccc(CN(Cc2ccc(OC)cc2)c2cc(C)c(C(F)(F)F)c(-c3c(C#N)cc4c(N5C[C@H]6CC[C@@H](C5)N6C(=O)OC(C)(C)C)nc(OC[C@@]56CCCN5C[C@H](F)C6)nc4c3F)n2)cc1. The Morgan fingerprint density at radius 1 is 0.913 bits per heavy atom. The number of fused-ring (bicyclic) bond motifs is 4. The second-order valence-electron chi connectivity index (χ2n) is 19.6. The Balaban J connectivity index is 1.19. The van der Waals surface area contributed by atoms with Gasteiger partial charge in [0.05, 0.1) is 60.3 Å². The van der Waals surface area contributed by atoms with Crippen molar-refractivity contribution in [3.63, 3.8) is 0 Å². The van der Waals surface area contributed by atoms with Crippen molar-refractivity contribution in [2.75, 3.05) is 56.8 Å². The number of carbonyl (C=O) groups is 1. The fourth-order valence-electron chi connectivity index (χ4n) is 10.6. The van der Waals surface area contributed by atoms with Crippen LogP contribution in [-0.2, 0) is 24.0 Å². The second-order valence-corrected chi connectivity index (χ2v) is 19.6. The number of methoxy groups -OCH3 is 2. The first kappa shape index (κ1) is 47.6. The van der Waals surface area contributed by atoms with E-state index in [9.17, 15) is 14.4 Å². The maximum Gasteiger partial charge on any atom is 0.418 e. The van der Waals surface area contributed by atoms with Gasteiger partial charge in [0.15, 0.2) is 5.82 Å². The lowest BCUT2D eigenvalue weighted by atomic mass is 9.94. The standard InChI is InChI=1S/C51H55F5N8O5/c1-30-20-40(61(24-31-8-14-37(66-5)15-9-31)25-32-10-16-38(67-6)17-11-32)58-45(42(30)51(54,55)56)41-33(23-57)21-39-44(43(41)53)59-47(68-29-50-18-7-19-63(50)26-34(52)22-50)60-46(39)62-27-35-12-13-36(28-62)64(35)48(65)69-49(2,3)4/h8-11,14-17,20-21,34-36H,7,12-13,18-19,22,24-29H2,1-6H3/t34-,35-,36+,50+/m1/s1. The molecule has 1 amide bonds. The summed E-state index contributed by atoms with van der Waals surface area (Å²) >= 11 is 0. The second kappa shape index (κ2) is 18.4. The third kappa shape index (κ3) is 9.49. The van der Waals surface area contributed by atoms with Crippen molar-refractivity contribution in [1.82, 2.24) is 24.8 Å². The van der Waals surface area contributed by atoms with Crippen molar-refractivity contribution in [3.05, 3.63) is 94.3 Å². The lowest BCUT2D eigenvalue weighted by Crippen LogP contribution is -2.57. The third-order valence-corrected chi connectivity index (χ3v) is 13.7. The molecule has 0 spiro atoms. The number of anilines is 2. The fraction of sp³-hybridized carbons (Fsp3) is 0.471. The molecule has 2 bridgehead atoms. The number of pyridine rings is 1. The van der Waals surface area contributed by atoms with Crippen molar-refractivity contribution in [1.29, 1.82) is 5.26 Å². The predicted octanol–water partition coefficient (Wildman–Crippen LogP) is 9.80. The quantitative estimate of drug-likeness (QED) is 0.110. The van der Waals surface area contributed by atoms with E-state index in [0.29, 0.717) is 37.3 Å². The molecule has 5 aromatic rings. The summed E-state index contributed by atoms with van der Waals surface area (Å²) in [7, 11) is 3.09. The van der Waals surface area contributed by atoms with Gasteiger partial charge in [0.1, 0.15) is 47.0 Å². The number of amides is 1. The molecule has 3 aromatic carbocycles. The van der Waals surface area contributed by atoms with E-state index in [0.717, 1.165) is 17.5 Å². The number of aryl methyl sites for hydroxylation is 1. The molecule has 0 saturated carbocycles. The van der Waals surface area contributed by atoms with Gasteiger partial charge in [-0.05, 0) is 113 Å². The Hall–Kier alpha value is -6.48. The van der Waals surface area contributed by atoms with Crippen LogP contribution < -0.4 is 24.0 Å². The number of alkyl halides is 4. The van der Waals surface area contributed by atoms with E-state index in [2.05, 4.69) is 14.9 Å². The topological polar surface area (TPSA) is 129 Å². The summed E-state index contributed by atoms with van der Waals surface area (Å²) in [5.41, 5.74) is -3.49. The van der Waals surface area contributed by atoms with Gasteiger partial charge in [-0.1, -0.05) is 24.3 Å². The van der Waals surface area contributed by atoms with E-state index >= 15 is 17.6 Å². The molecule has 4 aliphatic rings. The largest absolute Gasteiger partial charge is 0.497 e. The highest BCUT2D eigenvalue weighted by Gasteiger charge is 2.50. The van der Waals surface area contributed by atoms with Gasteiger partial charge in [-0.3, -0.25) is 9.80 Å². The number of hydrogen-bond donors (Lipinski definition) is 0. The summed E-state index contributed by atoms with van der Waals surface area (Å²) in [5, 5.41) is 10.9. The maximum atomic E-state index is 18.0. The minimum absolute atomic E-state index is 0.0000364. The van der Waals surface area contributed by atoms with Crippen molar-refractivity contribution in [3.8, 4) is 34.8 Å². The van der Waals surface area contributed by atoms with Gasteiger partial charge < -0.3 is 28.7 Å². The van der Waals surface area contributed by atoms with Gasteiger partial charge in [-0.2, -0.15) is 28.4 Å². The summed E-state index contributed by atoms with van der Waals surface area (Å²) < 4.78 is 102. The number of hydrogen-bond acceptors (Lipinski definition) is 12. The molecule has 0 radical (unpaired) electrons. The van der Waals surface area contributed by atoms with Crippen LogP contribution in [0.2, 0.25) is 0 Å². The van der Waals surface area contributed by atoms with E-state index < -0.39 is 57.8 Å². The average molecular weight is 955 g/mol. The number of halogens is 5. The molecule has 4 saturated heterocycles. The van der Waals surface area contributed by atoms with E-state index in [1.54, 1.807) is 69.1 Å². The van der Waals surface area contributed by atoms with Crippen LogP contribution in [0, 0.1) is 24.1 Å². The van der Waals surface area contributed by atoms with Crippen LogP contribution in [0.4, 0.5) is 38.4 Å². The Labute approximate surface area is 397 Å². The van der Waals surface area contributed by atoms with Crippen molar-refractivity contribution in [2.24, 2.45) is 0 Å². The molecule has 364 valence electrons. The molecule has 6 heterocycles. The minimum atomic E-state index is -5.03. The van der Waals surface area contributed by atoms with Crippen molar-refractivity contribution >= 4 is 28.6 Å². The molecule has 4 fully saturated rings. The summed E-state index contributed by atoms with van der Waals surface area (Å²) in [6.07, 6.45) is -3.47. The van der Waals surface area contributed by atoms with Gasteiger partial charge in [0, 0.05) is 44.5 Å². The Kier molecular flexibility index (Phi) is 12.7. The molecule has 0 unspecified atom stereocenters. The third-order valence-electron chi connectivity index (χ3n) is 13.7. The summed E-state index contributed by atoms with van der Waals surface area (Å²) in [5.74, 6) is 0.298. The summed E-state index contributed by atoms with van der Waals surface area (Å²) in [4.78, 5) is 34.9. The molecule has 0 aliphatic carbocycles. The number of carbonyl (C=O) groups excluding carboxylic acids is 1. The number of nitrogens with zero attached hydrogens (tertiary/aromatic N) is 8. The fourth-order valence-corrected chi connectivity index (χ4v) is 10.6. The first-order valence-corrected chi connectivity index (χ1v) is 23.2. The predicted molar refractivity (Wildman–Crippen MR) is 249 cm³/mol. The zero-order valence-electron chi connectivity index (χ0n) is 39.5. The van der Waals surface area contributed by atoms with E-state index in [1.165, 1.54) is 19.1 Å². The Morgan fingerprint density at radius 2 is 1.54 bits per heavy atom. The monoisotopic (exact) mass is 954 g/mol. The number of ether oxygens (including phenoxy) is 4. The van der Waals surface area contributed by atoms with Crippen LogP contribution in [0.15, 0.2) is 60.7 Å². The minimum Gasteiger partial charge on any atom is -0.497 e. The highest BCUT2D eigenvalue weighted by atomic mass is 19.4. The number of aromatic nitrogens is 3. The van der Waals surface area contributed by atoms with Gasteiger partial charge >= 0.3 is 18.3 Å². The molecule has 69 heavy (non-hydrogen) atoms. The lowest BCUT2D eigenvalue weighted by molar-refractivity contribution is -0.137. The smallest absolute Gasteiger partial charge is 0.418 e. The molecule has 2 aromatic heterocycles. The highest BCUT2D eigenvalue weighted by molar-refractivity contribution is 5.96. The molecular weight excluding hydrogens is 900 g/mol. The normalized spacial score (nSPS) is 21.3. The van der Waals surface area contributed by atoms with Crippen LogP contribution in [0.3, 0.4) is 0 Å². The molecule has 9 rings (SSSR count). The highest BCUT2D eigenvalue weighted by Crippen LogP contribution is 2.46. The zero-order valence-corrected chi connectivity index (χ0v) is 39.5. The number of benzene rings is 3. The number of rotatable bonds is 12. The number of piperazine rings is 1. The molecular formula is C51H55F5N8O5. The molecule has 18 heteroatoms. The Bertz CT molecular complexity index is 2720. The van der Waals surface area contributed by atoms with E-state index in [-0.39, 0.29) is 91.9 Å². The van der Waals surface area contributed by atoms with E-state index in [1.807, 2.05) is 35.2 Å². The van der Waals surface area contributed by atoms with Crippen LogP contribution in [0.5, 0.6) is 17.5 Å². The molecule has 4 atom stereocenters. The Morgan fingerprint density at radius 3 is 2.10 bits per heavy atom. The zero-order chi connectivity index (χ0) is 49.0. The van der Waals surface area contributed by atoms with Gasteiger partial charge in [-0.15, -0.1) is 0 Å². The van der Waals surface area contributed by atoms with Crippen LogP contribution >= 0.6 is 0 Å². The van der Waals surface area contributed by atoms with Gasteiger partial charge in [0.25, 0.3) is 0 Å². The van der Waals surface area contributed by atoms with Crippen LogP contribution in [0.1, 0.15) is 80.7 Å². The molecule has 0 N–H and O–H groups in total. The summed E-state index contributed by atoms with van der Waals surface area (Å²) in [6, 6.07) is 18.2. The van der Waals surface area contributed by atoms with Crippen molar-refractivity contribution < 1.29 is 45.7 Å². The van der Waals surface area contributed by atoms with Crippen LogP contribution in [-0.4, -0.2) is 107 Å². The average Bonchev–Trinajstić information content (AvgIpc) is 3.93. The maximum absolute atomic E-state index is 18.0. The van der Waals surface area contributed by atoms with Gasteiger partial charge in [0.2, 0.25) is 0 Å². The van der Waals surface area contributed by atoms with Crippen molar-refractivity contribution in [2.45, 2.75) is 108 Å². The van der Waals surface area contributed by atoms with Crippen LogP contribution in [0.25, 0.3) is 22.2 Å². The lowest BCUT2D eigenvalue weighted by Gasteiger charge is -2.42. The first-order chi connectivity index (χ1) is 32.9. The van der Waals surface area contributed by atoms with E-state index in [4.69, 9.17) is 23.9 Å². The molecule has 4 aliphatic heterocycles.